The molecule has 274 valence electrons. The van der Waals surface area contributed by atoms with E-state index in [9.17, 15) is 26.3 Å². The van der Waals surface area contributed by atoms with Crippen LogP contribution in [-0.4, -0.2) is 25.5 Å². The molecule has 56 heavy (non-hydrogen) atoms. The van der Waals surface area contributed by atoms with Gasteiger partial charge in [-0.2, -0.15) is 26.3 Å². The van der Waals surface area contributed by atoms with E-state index in [1.807, 2.05) is 66.7 Å². The molecule has 0 fully saturated rings. The van der Waals surface area contributed by atoms with Gasteiger partial charge in [0, 0.05) is 34.8 Å². The molecule has 0 saturated heterocycles. The number of alkyl halides is 6. The van der Waals surface area contributed by atoms with Gasteiger partial charge in [0.25, 0.3) is 0 Å². The summed E-state index contributed by atoms with van der Waals surface area (Å²) in [4.78, 5) is 9.54. The summed E-state index contributed by atoms with van der Waals surface area (Å²) < 4.78 is 82.2. The molecule has 1 aliphatic rings. The number of pyridine rings is 1. The number of aromatic nitrogens is 4. The van der Waals surface area contributed by atoms with Crippen molar-refractivity contribution in [3.8, 4) is 50.7 Å². The molecule has 3 heterocycles. The maximum Gasteiger partial charge on any atom is 0.416 e. The van der Waals surface area contributed by atoms with E-state index in [2.05, 4.69) is 45.5 Å². The third kappa shape index (κ3) is 6.51. The van der Waals surface area contributed by atoms with Gasteiger partial charge in [-0.1, -0.05) is 72.8 Å². The second kappa shape index (κ2) is 13.5. The Labute approximate surface area is 316 Å². The van der Waals surface area contributed by atoms with Gasteiger partial charge in [-0.05, 0) is 106 Å². The highest BCUT2D eigenvalue weighted by Gasteiger charge is 2.32. The first-order valence-corrected chi connectivity index (χ1v) is 17.6. The molecule has 5 nitrogen and oxygen atoms in total. The lowest BCUT2D eigenvalue weighted by atomic mass is 9.92. The molecule has 9 rings (SSSR count). The van der Waals surface area contributed by atoms with Crippen molar-refractivity contribution in [2.45, 2.75) is 18.8 Å². The van der Waals surface area contributed by atoms with Crippen LogP contribution in [0.4, 0.5) is 32.0 Å². The molecule has 0 bridgehead atoms. The number of aliphatic imine (C=N–C) groups is 1. The molecule has 8 aromatic rings. The summed E-state index contributed by atoms with van der Waals surface area (Å²) in [5.74, 6) is 0.433. The molecule has 6 aromatic carbocycles. The van der Waals surface area contributed by atoms with E-state index < -0.39 is 23.5 Å². The standard InChI is InChI=1S/C45H27F6N5/c46-44(47,48)34-16-10-28(11-17-34)42-54-55-43(29-12-18-35(19-13-29)45(49,50)51)56(42)36-20-14-27(15-21-36)31-23-32(37-6-3-9-40-38(37)7-4-22-52-40)25-33(24-31)41-26-30-5-1-2-8-39(30)53-41/h1-25H,26H2. The third-order valence-corrected chi connectivity index (χ3v) is 9.89. The van der Waals surface area contributed by atoms with E-state index >= 15 is 0 Å². The van der Waals surface area contributed by atoms with Crippen molar-refractivity contribution in [1.29, 1.82) is 0 Å². The van der Waals surface area contributed by atoms with E-state index in [1.165, 1.54) is 24.3 Å². The van der Waals surface area contributed by atoms with E-state index in [1.54, 1.807) is 10.8 Å². The van der Waals surface area contributed by atoms with Crippen LogP contribution in [0.3, 0.4) is 0 Å². The van der Waals surface area contributed by atoms with Gasteiger partial charge in [-0.25, -0.2) is 0 Å². The SMILES string of the molecule is FC(F)(F)c1ccc(-c2nnc(-c3ccc(C(F)(F)F)cc3)n2-c2ccc(-c3cc(C4=Nc5ccccc5C4)cc(-c4cccc5ncccc45)c3)cc2)cc1. The largest absolute Gasteiger partial charge is 0.416 e. The van der Waals surface area contributed by atoms with Crippen LogP contribution in [0.2, 0.25) is 0 Å². The predicted molar refractivity (Wildman–Crippen MR) is 205 cm³/mol. The molecule has 0 atom stereocenters. The van der Waals surface area contributed by atoms with Crippen LogP contribution in [0.15, 0.2) is 157 Å². The molecule has 0 saturated carbocycles. The van der Waals surface area contributed by atoms with Crippen LogP contribution in [0.5, 0.6) is 0 Å². The fourth-order valence-electron chi connectivity index (χ4n) is 7.09. The van der Waals surface area contributed by atoms with Crippen molar-refractivity contribution in [3.05, 3.63) is 174 Å². The zero-order valence-electron chi connectivity index (χ0n) is 29.1. The minimum Gasteiger partial charge on any atom is -0.275 e. The Hall–Kier alpha value is -6.88. The molecule has 11 heteroatoms. The highest BCUT2D eigenvalue weighted by molar-refractivity contribution is 6.08. The predicted octanol–water partition coefficient (Wildman–Crippen LogP) is 12.2. The second-order valence-corrected chi connectivity index (χ2v) is 13.4. The average molecular weight is 752 g/mol. The van der Waals surface area contributed by atoms with Crippen molar-refractivity contribution in [1.82, 2.24) is 19.7 Å². The summed E-state index contributed by atoms with van der Waals surface area (Å²) in [6, 6.07) is 40.9. The van der Waals surface area contributed by atoms with Gasteiger partial charge >= 0.3 is 12.4 Å². The third-order valence-electron chi connectivity index (χ3n) is 9.89. The van der Waals surface area contributed by atoms with Crippen LogP contribution < -0.4 is 0 Å². The Balaban J connectivity index is 1.16. The molecular formula is C45H27F6N5. The number of rotatable bonds is 6. The Morgan fingerprint density at radius 2 is 1.09 bits per heavy atom. The summed E-state index contributed by atoms with van der Waals surface area (Å²) in [7, 11) is 0. The summed E-state index contributed by atoms with van der Waals surface area (Å²) >= 11 is 0. The van der Waals surface area contributed by atoms with Crippen molar-refractivity contribution in [2.75, 3.05) is 0 Å². The van der Waals surface area contributed by atoms with Gasteiger partial charge in [0.05, 0.1) is 28.0 Å². The fraction of sp³-hybridized carbons (Fsp3) is 0.0667. The van der Waals surface area contributed by atoms with Crippen LogP contribution in [0.25, 0.3) is 61.6 Å². The minimum absolute atomic E-state index is 0.217. The van der Waals surface area contributed by atoms with Crippen molar-refractivity contribution in [3.63, 3.8) is 0 Å². The quantitative estimate of drug-likeness (QED) is 0.159. The number of para-hydroxylation sites is 1. The molecule has 0 radical (unpaired) electrons. The van der Waals surface area contributed by atoms with E-state index in [0.29, 0.717) is 23.2 Å². The van der Waals surface area contributed by atoms with Gasteiger partial charge in [-0.15, -0.1) is 10.2 Å². The van der Waals surface area contributed by atoms with Crippen molar-refractivity contribution in [2.24, 2.45) is 4.99 Å². The number of nitrogens with zero attached hydrogens (tertiary/aromatic N) is 5. The summed E-state index contributed by atoms with van der Waals surface area (Å²) in [6.45, 7) is 0. The fourth-order valence-corrected chi connectivity index (χ4v) is 7.09. The first-order chi connectivity index (χ1) is 27.0. The molecule has 0 N–H and O–H groups in total. The van der Waals surface area contributed by atoms with E-state index in [-0.39, 0.29) is 11.6 Å². The Morgan fingerprint density at radius 3 is 1.71 bits per heavy atom. The van der Waals surface area contributed by atoms with E-state index in [0.717, 1.165) is 79.9 Å². The van der Waals surface area contributed by atoms with Crippen molar-refractivity contribution >= 4 is 22.3 Å². The smallest absolute Gasteiger partial charge is 0.275 e. The van der Waals surface area contributed by atoms with Gasteiger partial charge in [0.2, 0.25) is 0 Å². The lowest BCUT2D eigenvalue weighted by Crippen LogP contribution is -2.05. The van der Waals surface area contributed by atoms with Crippen LogP contribution >= 0.6 is 0 Å². The number of hydrogen-bond acceptors (Lipinski definition) is 4. The van der Waals surface area contributed by atoms with Gasteiger partial charge < -0.3 is 0 Å². The van der Waals surface area contributed by atoms with Crippen LogP contribution in [0, 0.1) is 0 Å². The monoisotopic (exact) mass is 751 g/mol. The Bertz CT molecular complexity index is 2700. The summed E-state index contributed by atoms with van der Waals surface area (Å²) in [5.41, 5.74) is 8.22. The zero-order chi connectivity index (χ0) is 38.6. The zero-order valence-corrected chi connectivity index (χ0v) is 29.1. The summed E-state index contributed by atoms with van der Waals surface area (Å²) in [5, 5.41) is 9.64. The normalized spacial score (nSPS) is 12.9. The number of fused-ring (bicyclic) bond motifs is 2. The van der Waals surface area contributed by atoms with Gasteiger partial charge in [0.15, 0.2) is 11.6 Å². The average Bonchev–Trinajstić information content (AvgIpc) is 3.86. The molecular weight excluding hydrogens is 725 g/mol. The number of hydrogen-bond donors (Lipinski definition) is 0. The lowest BCUT2D eigenvalue weighted by molar-refractivity contribution is -0.138. The first-order valence-electron chi connectivity index (χ1n) is 17.6. The molecule has 0 spiro atoms. The summed E-state index contributed by atoms with van der Waals surface area (Å²) in [6.07, 6.45) is -6.63. The highest BCUT2D eigenvalue weighted by atomic mass is 19.4. The van der Waals surface area contributed by atoms with E-state index in [4.69, 9.17) is 4.99 Å². The second-order valence-electron chi connectivity index (χ2n) is 13.4. The van der Waals surface area contributed by atoms with Gasteiger partial charge in [0.1, 0.15) is 0 Å². The molecule has 1 aliphatic heterocycles. The van der Waals surface area contributed by atoms with Crippen LogP contribution in [-0.2, 0) is 18.8 Å². The Morgan fingerprint density at radius 1 is 0.500 bits per heavy atom. The van der Waals surface area contributed by atoms with Crippen LogP contribution in [0.1, 0.15) is 22.3 Å². The lowest BCUT2D eigenvalue weighted by Gasteiger charge is -2.15. The number of benzene rings is 6. The molecule has 2 aromatic heterocycles. The topological polar surface area (TPSA) is 56.0 Å². The highest BCUT2D eigenvalue weighted by Crippen LogP contribution is 2.38. The Kier molecular flexibility index (Phi) is 8.37. The minimum atomic E-state index is -4.54. The van der Waals surface area contributed by atoms with Crippen molar-refractivity contribution < 1.29 is 26.3 Å². The first kappa shape index (κ1) is 34.9. The molecule has 0 aliphatic carbocycles. The number of halogens is 6. The maximum absolute atomic E-state index is 13.4. The molecule has 0 unspecified atom stereocenters. The van der Waals surface area contributed by atoms with Gasteiger partial charge in [-0.3, -0.25) is 14.5 Å². The maximum atomic E-state index is 13.4. The molecule has 0 amide bonds.